The summed E-state index contributed by atoms with van der Waals surface area (Å²) in [6.07, 6.45) is 2.28. The third-order valence-electron chi connectivity index (χ3n) is 2.49. The van der Waals surface area contributed by atoms with Crippen LogP contribution in [0.5, 0.6) is 0 Å². The minimum Gasteiger partial charge on any atom is -0.352 e. The number of fused-ring (bicyclic) bond motifs is 1. The summed E-state index contributed by atoms with van der Waals surface area (Å²) >= 11 is 0. The molecule has 0 bridgehead atoms. The molecule has 16 heavy (non-hydrogen) atoms. The zero-order valence-electron chi connectivity index (χ0n) is 8.53. The van der Waals surface area contributed by atoms with E-state index >= 15 is 0 Å². The Labute approximate surface area is 91.4 Å². The maximum atomic E-state index is 10.9. The number of aldehydes is 1. The van der Waals surface area contributed by atoms with Gasteiger partial charge in [0.25, 0.3) is 5.69 Å². The minimum atomic E-state index is -0.507. The smallest absolute Gasteiger partial charge is 0.269 e. The number of non-ortho nitro benzene ring substituents is 1. The summed E-state index contributed by atoms with van der Waals surface area (Å²) in [7, 11) is 1.70. The Morgan fingerprint density at radius 2 is 2.31 bits per heavy atom. The Balaban J connectivity index is 2.55. The van der Waals surface area contributed by atoms with Crippen LogP contribution in [0.4, 0.5) is 11.4 Å². The van der Waals surface area contributed by atoms with Gasteiger partial charge in [0, 0.05) is 24.7 Å². The van der Waals surface area contributed by atoms with Crippen LogP contribution in [0.15, 0.2) is 23.2 Å². The molecule has 0 aliphatic carbocycles. The van der Waals surface area contributed by atoms with Gasteiger partial charge in [-0.2, -0.15) is 0 Å². The van der Waals surface area contributed by atoms with Crippen molar-refractivity contribution < 1.29 is 9.72 Å². The highest BCUT2D eigenvalue weighted by molar-refractivity contribution is 5.78. The number of carbonyl (C=O) groups excluding carboxylic acids is 1. The van der Waals surface area contributed by atoms with Crippen LogP contribution in [0, 0.1) is 10.1 Å². The number of carbonyl (C=O) groups is 1. The lowest BCUT2D eigenvalue weighted by Crippen LogP contribution is -2.26. The Kier molecular flexibility index (Phi) is 2.40. The van der Waals surface area contributed by atoms with Gasteiger partial charge in [-0.25, -0.2) is 4.99 Å². The first-order valence-electron chi connectivity index (χ1n) is 4.63. The zero-order valence-corrected chi connectivity index (χ0v) is 8.53. The van der Waals surface area contributed by atoms with Gasteiger partial charge in [-0.1, -0.05) is 0 Å². The zero-order chi connectivity index (χ0) is 11.7. The summed E-state index contributed by atoms with van der Waals surface area (Å²) in [6, 6.07) is 3.81. The van der Waals surface area contributed by atoms with E-state index in [1.54, 1.807) is 18.0 Å². The van der Waals surface area contributed by atoms with Gasteiger partial charge < -0.3 is 9.69 Å². The highest BCUT2D eigenvalue weighted by atomic mass is 16.6. The molecule has 6 nitrogen and oxygen atoms in total. The lowest BCUT2D eigenvalue weighted by molar-refractivity contribution is -0.384. The van der Waals surface area contributed by atoms with Gasteiger partial charge in [-0.3, -0.25) is 10.1 Å². The van der Waals surface area contributed by atoms with E-state index in [1.807, 2.05) is 0 Å². The maximum absolute atomic E-state index is 10.9. The first-order chi connectivity index (χ1) is 7.63. The molecule has 1 aromatic rings. The molecular weight excluding hydrogens is 210 g/mol. The molecule has 0 fully saturated rings. The molecule has 0 saturated carbocycles. The van der Waals surface area contributed by atoms with Crippen molar-refractivity contribution in [3.05, 3.63) is 33.9 Å². The van der Waals surface area contributed by atoms with Crippen molar-refractivity contribution >= 4 is 24.0 Å². The van der Waals surface area contributed by atoms with E-state index in [4.69, 9.17) is 0 Å². The standard InChI is InChI=1S/C10H9N3O3/c1-12-6-11-9-3-2-7(13(15)16)4-8(9)10(12)5-14/h2-6,10H,1H3. The Bertz CT molecular complexity index is 484. The molecule has 0 radical (unpaired) electrons. The molecule has 0 aromatic heterocycles. The van der Waals surface area contributed by atoms with Crippen LogP contribution in [0.25, 0.3) is 0 Å². The molecule has 1 atom stereocenters. The predicted octanol–water partition coefficient (Wildman–Crippen LogP) is 1.44. The highest BCUT2D eigenvalue weighted by Crippen LogP contribution is 2.33. The fourth-order valence-corrected chi connectivity index (χ4v) is 1.62. The number of hydrogen-bond donors (Lipinski definition) is 0. The largest absolute Gasteiger partial charge is 0.352 e. The molecule has 2 rings (SSSR count). The normalized spacial score (nSPS) is 18.1. The van der Waals surface area contributed by atoms with Gasteiger partial charge in [0.1, 0.15) is 12.3 Å². The Hall–Kier alpha value is -2.24. The minimum absolute atomic E-state index is 0.0314. The molecule has 1 unspecified atom stereocenters. The highest BCUT2D eigenvalue weighted by Gasteiger charge is 2.23. The quantitative estimate of drug-likeness (QED) is 0.428. The van der Waals surface area contributed by atoms with Gasteiger partial charge in [0.15, 0.2) is 0 Å². The molecule has 1 aliphatic rings. The number of rotatable bonds is 2. The van der Waals surface area contributed by atoms with E-state index in [1.165, 1.54) is 18.5 Å². The second-order valence-corrected chi connectivity index (χ2v) is 3.49. The third-order valence-corrected chi connectivity index (χ3v) is 2.49. The molecule has 1 heterocycles. The molecule has 82 valence electrons. The van der Waals surface area contributed by atoms with Gasteiger partial charge in [0.2, 0.25) is 0 Å². The summed E-state index contributed by atoms with van der Waals surface area (Å²) in [5.74, 6) is 0. The van der Waals surface area contributed by atoms with Crippen molar-refractivity contribution in [2.24, 2.45) is 4.99 Å². The average Bonchev–Trinajstić information content (AvgIpc) is 2.28. The SMILES string of the molecule is CN1C=Nc2ccc([N+](=O)[O-])cc2C1C=O. The fraction of sp³-hybridized carbons (Fsp3) is 0.200. The van der Waals surface area contributed by atoms with Crippen molar-refractivity contribution in [2.45, 2.75) is 6.04 Å². The number of aliphatic imine (C=N–C) groups is 1. The molecule has 0 N–H and O–H groups in total. The fourth-order valence-electron chi connectivity index (χ4n) is 1.62. The van der Waals surface area contributed by atoms with E-state index in [0.29, 0.717) is 11.3 Å². The third kappa shape index (κ3) is 1.54. The van der Waals surface area contributed by atoms with Crippen LogP contribution in [0.1, 0.15) is 11.6 Å². The molecule has 6 heteroatoms. The number of nitro groups is 1. The van der Waals surface area contributed by atoms with Crippen LogP contribution < -0.4 is 0 Å². The number of nitrogens with zero attached hydrogens (tertiary/aromatic N) is 3. The Morgan fingerprint density at radius 3 is 2.94 bits per heavy atom. The summed E-state index contributed by atoms with van der Waals surface area (Å²) in [6.45, 7) is 0. The lowest BCUT2D eigenvalue weighted by atomic mass is 10.0. The molecule has 1 aromatic carbocycles. The van der Waals surface area contributed by atoms with Crippen LogP contribution in [-0.4, -0.2) is 29.5 Å². The summed E-state index contributed by atoms with van der Waals surface area (Å²) < 4.78 is 0. The molecule has 0 spiro atoms. The monoisotopic (exact) mass is 219 g/mol. The van der Waals surface area contributed by atoms with Gasteiger partial charge in [-0.05, 0) is 6.07 Å². The van der Waals surface area contributed by atoms with Gasteiger partial charge >= 0.3 is 0 Å². The predicted molar refractivity (Wildman–Crippen MR) is 57.8 cm³/mol. The summed E-state index contributed by atoms with van der Waals surface area (Å²) in [5, 5.41) is 10.6. The second kappa shape index (κ2) is 3.73. The average molecular weight is 219 g/mol. The number of benzene rings is 1. The number of nitro benzene ring substituents is 1. The van der Waals surface area contributed by atoms with Crippen molar-refractivity contribution in [2.75, 3.05) is 7.05 Å². The lowest BCUT2D eigenvalue weighted by Gasteiger charge is -2.26. The van der Waals surface area contributed by atoms with E-state index in [0.717, 1.165) is 6.29 Å². The van der Waals surface area contributed by atoms with Crippen LogP contribution in [-0.2, 0) is 4.79 Å². The molecule has 0 amide bonds. The van der Waals surface area contributed by atoms with Gasteiger partial charge in [-0.15, -0.1) is 0 Å². The summed E-state index contributed by atoms with van der Waals surface area (Å²) in [5.41, 5.74) is 1.13. The Morgan fingerprint density at radius 1 is 1.56 bits per heavy atom. The van der Waals surface area contributed by atoms with Crippen molar-refractivity contribution in [1.29, 1.82) is 0 Å². The van der Waals surface area contributed by atoms with E-state index < -0.39 is 11.0 Å². The van der Waals surface area contributed by atoms with E-state index in [9.17, 15) is 14.9 Å². The summed E-state index contributed by atoms with van der Waals surface area (Å²) in [4.78, 5) is 26.8. The molecule has 0 saturated heterocycles. The first kappa shape index (κ1) is 10.3. The van der Waals surface area contributed by atoms with E-state index in [2.05, 4.69) is 4.99 Å². The van der Waals surface area contributed by atoms with E-state index in [-0.39, 0.29) is 5.69 Å². The topological polar surface area (TPSA) is 75.8 Å². The maximum Gasteiger partial charge on any atom is 0.269 e. The van der Waals surface area contributed by atoms with Gasteiger partial charge in [0.05, 0.1) is 16.9 Å². The second-order valence-electron chi connectivity index (χ2n) is 3.49. The van der Waals surface area contributed by atoms with Crippen molar-refractivity contribution in [1.82, 2.24) is 4.90 Å². The van der Waals surface area contributed by atoms with Crippen molar-refractivity contribution in [3.8, 4) is 0 Å². The van der Waals surface area contributed by atoms with Crippen LogP contribution >= 0.6 is 0 Å². The van der Waals surface area contributed by atoms with Crippen LogP contribution in [0.2, 0.25) is 0 Å². The number of likely N-dealkylation sites (N-methyl/N-ethyl adjacent to an activating group) is 1. The number of hydrogen-bond acceptors (Lipinski definition) is 5. The first-order valence-corrected chi connectivity index (χ1v) is 4.63. The van der Waals surface area contributed by atoms with Crippen LogP contribution in [0.3, 0.4) is 0 Å². The molecule has 1 aliphatic heterocycles. The van der Waals surface area contributed by atoms with Crippen molar-refractivity contribution in [3.63, 3.8) is 0 Å². The molecular formula is C10H9N3O3.